The second-order valence-electron chi connectivity index (χ2n) is 4.78. The normalized spacial score (nSPS) is 11.2. The van der Waals surface area contributed by atoms with Crippen molar-refractivity contribution in [1.29, 1.82) is 0 Å². The molecule has 0 aliphatic carbocycles. The molecule has 0 aliphatic heterocycles. The van der Waals surface area contributed by atoms with E-state index in [2.05, 4.69) is 4.98 Å². The maximum atomic E-state index is 13.4. The quantitative estimate of drug-likeness (QED) is 0.737. The van der Waals surface area contributed by atoms with E-state index >= 15 is 0 Å². The summed E-state index contributed by atoms with van der Waals surface area (Å²) in [5.41, 5.74) is 2.98. The van der Waals surface area contributed by atoms with Crippen molar-refractivity contribution in [3.8, 4) is 17.1 Å². The number of aromatic nitrogens is 2. The first-order valence-electron chi connectivity index (χ1n) is 6.09. The van der Waals surface area contributed by atoms with Crippen LogP contribution in [0, 0.1) is 18.6 Å². The van der Waals surface area contributed by atoms with Crippen molar-refractivity contribution in [1.82, 2.24) is 9.55 Å². The number of halogens is 2. The van der Waals surface area contributed by atoms with Crippen LogP contribution < -0.4 is 0 Å². The lowest BCUT2D eigenvalue weighted by molar-refractivity contribution is 0.396. The lowest BCUT2D eigenvalue weighted by Gasteiger charge is -2.04. The highest BCUT2D eigenvalue weighted by Gasteiger charge is 2.15. The Kier molecular flexibility index (Phi) is 2.71. The van der Waals surface area contributed by atoms with Gasteiger partial charge in [-0.25, -0.2) is 13.8 Å². The fourth-order valence-corrected chi connectivity index (χ4v) is 2.26. The number of nitrogens with zero attached hydrogens (tertiary/aromatic N) is 2. The lowest BCUT2D eigenvalue weighted by Crippen LogP contribution is -1.94. The van der Waals surface area contributed by atoms with Crippen LogP contribution in [0.5, 0.6) is 5.75 Å². The summed E-state index contributed by atoms with van der Waals surface area (Å²) in [7, 11) is 1.78. The number of rotatable bonds is 1. The average molecular weight is 274 g/mol. The van der Waals surface area contributed by atoms with Crippen molar-refractivity contribution in [2.45, 2.75) is 6.92 Å². The predicted molar refractivity (Wildman–Crippen MR) is 72.5 cm³/mol. The number of hydrogen-bond acceptors (Lipinski definition) is 2. The van der Waals surface area contributed by atoms with E-state index in [-0.39, 0.29) is 5.56 Å². The first-order valence-corrected chi connectivity index (χ1v) is 6.09. The zero-order chi connectivity index (χ0) is 14.4. The molecule has 2 aromatic carbocycles. The minimum absolute atomic E-state index is 0.286. The number of phenols is 1. The molecule has 0 amide bonds. The van der Waals surface area contributed by atoms with Crippen LogP contribution in [0.15, 0.2) is 30.3 Å². The van der Waals surface area contributed by atoms with E-state index in [1.807, 2.05) is 25.1 Å². The molecule has 0 bridgehead atoms. The fourth-order valence-electron chi connectivity index (χ4n) is 2.26. The van der Waals surface area contributed by atoms with E-state index in [0.29, 0.717) is 5.82 Å². The topological polar surface area (TPSA) is 38.1 Å². The van der Waals surface area contributed by atoms with Crippen LogP contribution in [-0.2, 0) is 7.05 Å². The Morgan fingerprint density at radius 1 is 1.10 bits per heavy atom. The molecule has 5 heteroatoms. The largest absolute Gasteiger partial charge is 0.503 e. The van der Waals surface area contributed by atoms with Gasteiger partial charge in [-0.1, -0.05) is 6.07 Å². The van der Waals surface area contributed by atoms with Crippen molar-refractivity contribution < 1.29 is 13.9 Å². The highest BCUT2D eigenvalue weighted by atomic mass is 19.1. The second-order valence-corrected chi connectivity index (χ2v) is 4.78. The van der Waals surface area contributed by atoms with Crippen LogP contribution >= 0.6 is 0 Å². The number of fused-ring (bicyclic) bond motifs is 1. The summed E-state index contributed by atoms with van der Waals surface area (Å²) in [6, 6.07) is 7.92. The van der Waals surface area contributed by atoms with Gasteiger partial charge in [-0.2, -0.15) is 0 Å². The van der Waals surface area contributed by atoms with Gasteiger partial charge in [-0.05, 0) is 36.8 Å². The van der Waals surface area contributed by atoms with E-state index in [1.54, 1.807) is 11.6 Å². The third-order valence-corrected chi connectivity index (χ3v) is 3.31. The molecule has 0 fully saturated rings. The van der Waals surface area contributed by atoms with Gasteiger partial charge in [0.2, 0.25) is 0 Å². The van der Waals surface area contributed by atoms with Crippen LogP contribution in [0.4, 0.5) is 8.78 Å². The van der Waals surface area contributed by atoms with Crippen LogP contribution in [-0.4, -0.2) is 14.7 Å². The van der Waals surface area contributed by atoms with Crippen molar-refractivity contribution in [2.24, 2.45) is 7.05 Å². The number of benzene rings is 2. The SMILES string of the molecule is Cc1ccc2c(c1)nc(-c1cc(F)c(O)c(F)c1)n2C. The summed E-state index contributed by atoms with van der Waals surface area (Å²) in [5, 5.41) is 9.15. The Morgan fingerprint density at radius 3 is 2.40 bits per heavy atom. The molecule has 3 aromatic rings. The first kappa shape index (κ1) is 12.6. The molecule has 0 spiro atoms. The molecular formula is C15H12F2N2O. The number of aromatic hydroxyl groups is 1. The predicted octanol–water partition coefficient (Wildman–Crippen LogP) is 3.53. The van der Waals surface area contributed by atoms with Crippen molar-refractivity contribution in [3.05, 3.63) is 47.5 Å². The van der Waals surface area contributed by atoms with Crippen molar-refractivity contribution in [2.75, 3.05) is 0 Å². The zero-order valence-electron chi connectivity index (χ0n) is 11.0. The molecule has 1 heterocycles. The van der Waals surface area contributed by atoms with E-state index in [9.17, 15) is 8.78 Å². The molecule has 20 heavy (non-hydrogen) atoms. The Labute approximate surface area is 114 Å². The molecule has 102 valence electrons. The van der Waals surface area contributed by atoms with Gasteiger partial charge >= 0.3 is 0 Å². The average Bonchev–Trinajstić information content (AvgIpc) is 2.72. The van der Waals surface area contributed by atoms with Crippen molar-refractivity contribution >= 4 is 11.0 Å². The summed E-state index contributed by atoms with van der Waals surface area (Å²) in [5.74, 6) is -2.52. The molecule has 0 aliphatic rings. The minimum Gasteiger partial charge on any atom is -0.503 e. The highest BCUT2D eigenvalue weighted by molar-refractivity contribution is 5.81. The Bertz CT molecular complexity index is 801. The molecule has 0 atom stereocenters. The van der Waals surface area contributed by atoms with E-state index in [4.69, 9.17) is 5.11 Å². The Balaban J connectivity index is 2.27. The number of imidazole rings is 1. The van der Waals surface area contributed by atoms with Gasteiger partial charge in [0.25, 0.3) is 0 Å². The monoisotopic (exact) mass is 274 g/mol. The Morgan fingerprint density at radius 2 is 1.75 bits per heavy atom. The summed E-state index contributed by atoms with van der Waals surface area (Å²) in [6.07, 6.45) is 0. The molecular weight excluding hydrogens is 262 g/mol. The maximum absolute atomic E-state index is 13.4. The minimum atomic E-state index is -0.997. The van der Waals surface area contributed by atoms with Crippen LogP contribution in [0.1, 0.15) is 5.56 Å². The van der Waals surface area contributed by atoms with Gasteiger partial charge in [0, 0.05) is 12.6 Å². The van der Waals surface area contributed by atoms with Crippen LogP contribution in [0.3, 0.4) is 0 Å². The second kappa shape index (κ2) is 4.30. The zero-order valence-corrected chi connectivity index (χ0v) is 11.0. The van der Waals surface area contributed by atoms with Crippen LogP contribution in [0.2, 0.25) is 0 Å². The molecule has 1 N–H and O–H groups in total. The molecule has 3 nitrogen and oxygen atoms in total. The smallest absolute Gasteiger partial charge is 0.187 e. The van der Waals surface area contributed by atoms with Crippen molar-refractivity contribution in [3.63, 3.8) is 0 Å². The van der Waals surface area contributed by atoms with Gasteiger partial charge in [0.1, 0.15) is 5.82 Å². The summed E-state index contributed by atoms with van der Waals surface area (Å²) in [4.78, 5) is 4.40. The molecule has 0 unspecified atom stereocenters. The standard InChI is InChI=1S/C15H12F2N2O/c1-8-3-4-13-12(5-8)18-15(19(13)2)9-6-10(16)14(20)11(17)7-9/h3-7,20H,1-2H3. The summed E-state index contributed by atoms with van der Waals surface area (Å²) >= 11 is 0. The van der Waals surface area contributed by atoms with E-state index in [1.165, 1.54) is 0 Å². The Hall–Kier alpha value is -2.43. The first-order chi connectivity index (χ1) is 9.47. The van der Waals surface area contributed by atoms with Gasteiger partial charge in [-0.15, -0.1) is 0 Å². The summed E-state index contributed by atoms with van der Waals surface area (Å²) < 4.78 is 28.7. The summed E-state index contributed by atoms with van der Waals surface area (Å²) in [6.45, 7) is 1.95. The van der Waals surface area contributed by atoms with E-state index < -0.39 is 17.4 Å². The third-order valence-electron chi connectivity index (χ3n) is 3.31. The molecule has 1 aromatic heterocycles. The fraction of sp³-hybridized carbons (Fsp3) is 0.133. The van der Waals surface area contributed by atoms with E-state index in [0.717, 1.165) is 28.7 Å². The lowest BCUT2D eigenvalue weighted by atomic mass is 10.2. The number of aryl methyl sites for hydroxylation is 2. The maximum Gasteiger partial charge on any atom is 0.187 e. The third kappa shape index (κ3) is 1.82. The van der Waals surface area contributed by atoms with Gasteiger partial charge in [0.15, 0.2) is 17.4 Å². The van der Waals surface area contributed by atoms with Crippen LogP contribution in [0.25, 0.3) is 22.4 Å². The highest BCUT2D eigenvalue weighted by Crippen LogP contribution is 2.29. The van der Waals surface area contributed by atoms with Gasteiger partial charge < -0.3 is 9.67 Å². The molecule has 0 radical (unpaired) electrons. The molecule has 3 rings (SSSR count). The van der Waals surface area contributed by atoms with Gasteiger partial charge in [-0.3, -0.25) is 0 Å². The number of hydrogen-bond donors (Lipinski definition) is 1. The molecule has 0 saturated heterocycles. The number of phenolic OH excluding ortho intramolecular Hbond substituents is 1. The van der Waals surface area contributed by atoms with Gasteiger partial charge in [0.05, 0.1) is 11.0 Å². The molecule has 0 saturated carbocycles.